The smallest absolute Gasteiger partial charge is 0.0992 e. The normalized spacial score (nSPS) is 18.6. The molecular formula is C15H20ClN3. The quantitative estimate of drug-likeness (QED) is 0.919. The molecule has 0 spiro atoms. The number of anilines is 1. The highest BCUT2D eigenvalue weighted by atomic mass is 35.5. The van der Waals surface area contributed by atoms with E-state index in [0.717, 1.165) is 18.8 Å². The van der Waals surface area contributed by atoms with Crippen LogP contribution in [0, 0.1) is 11.3 Å². The van der Waals surface area contributed by atoms with Gasteiger partial charge in [-0.3, -0.25) is 0 Å². The zero-order valence-electron chi connectivity index (χ0n) is 11.5. The fourth-order valence-corrected chi connectivity index (χ4v) is 2.84. The van der Waals surface area contributed by atoms with Gasteiger partial charge in [-0.05, 0) is 51.4 Å². The van der Waals surface area contributed by atoms with Crippen LogP contribution in [0.3, 0.4) is 0 Å². The van der Waals surface area contributed by atoms with Crippen molar-refractivity contribution in [3.8, 4) is 6.07 Å². The summed E-state index contributed by atoms with van der Waals surface area (Å²) in [5.74, 6) is 0. The van der Waals surface area contributed by atoms with E-state index in [2.05, 4.69) is 30.1 Å². The standard InChI is InChI=1S/C15H20ClN3/c1-11(2)19(10-13-4-3-7-18-13)15-6-5-12(9-17)8-14(15)16/h5-6,8,11,13,18H,3-4,7,10H2,1-2H3. The zero-order valence-corrected chi connectivity index (χ0v) is 12.2. The van der Waals surface area contributed by atoms with Crippen molar-refractivity contribution in [1.29, 1.82) is 5.26 Å². The fourth-order valence-electron chi connectivity index (χ4n) is 2.55. The number of nitrogens with one attached hydrogen (secondary N) is 1. The Hall–Kier alpha value is -1.24. The van der Waals surface area contributed by atoms with Crippen molar-refractivity contribution in [3.63, 3.8) is 0 Å². The highest BCUT2D eigenvalue weighted by Gasteiger charge is 2.21. The average Bonchev–Trinajstić information content (AvgIpc) is 2.89. The molecule has 3 nitrogen and oxygen atoms in total. The first-order valence-corrected chi connectivity index (χ1v) is 7.19. The third-order valence-electron chi connectivity index (χ3n) is 3.59. The van der Waals surface area contributed by atoms with Crippen LogP contribution in [0.4, 0.5) is 5.69 Å². The summed E-state index contributed by atoms with van der Waals surface area (Å²) in [6.07, 6.45) is 2.47. The van der Waals surface area contributed by atoms with Crippen LogP contribution >= 0.6 is 11.6 Å². The lowest BCUT2D eigenvalue weighted by molar-refractivity contribution is 0.553. The van der Waals surface area contributed by atoms with Crippen molar-refractivity contribution in [1.82, 2.24) is 5.32 Å². The average molecular weight is 278 g/mol. The molecule has 1 aromatic carbocycles. The summed E-state index contributed by atoms with van der Waals surface area (Å²) >= 11 is 6.32. The van der Waals surface area contributed by atoms with Crippen molar-refractivity contribution < 1.29 is 0 Å². The van der Waals surface area contributed by atoms with Gasteiger partial charge in [0.25, 0.3) is 0 Å². The first-order chi connectivity index (χ1) is 9.11. The van der Waals surface area contributed by atoms with Gasteiger partial charge in [-0.15, -0.1) is 0 Å². The van der Waals surface area contributed by atoms with Gasteiger partial charge >= 0.3 is 0 Å². The zero-order chi connectivity index (χ0) is 13.8. The minimum absolute atomic E-state index is 0.382. The van der Waals surface area contributed by atoms with Gasteiger partial charge in [-0.1, -0.05) is 11.6 Å². The molecule has 1 aromatic rings. The summed E-state index contributed by atoms with van der Waals surface area (Å²) < 4.78 is 0. The molecule has 0 amide bonds. The molecule has 1 N–H and O–H groups in total. The topological polar surface area (TPSA) is 39.1 Å². The monoisotopic (exact) mass is 277 g/mol. The Kier molecular flexibility index (Phi) is 4.68. The second-order valence-corrected chi connectivity index (χ2v) is 5.72. The number of hydrogen-bond acceptors (Lipinski definition) is 3. The molecule has 1 atom stereocenters. The van der Waals surface area contributed by atoms with Crippen molar-refractivity contribution in [2.24, 2.45) is 0 Å². The lowest BCUT2D eigenvalue weighted by Crippen LogP contribution is -2.41. The molecule has 0 bridgehead atoms. The predicted octanol–water partition coefficient (Wildman–Crippen LogP) is 3.18. The maximum absolute atomic E-state index is 8.90. The molecule has 1 unspecified atom stereocenters. The van der Waals surface area contributed by atoms with Gasteiger partial charge in [0.15, 0.2) is 0 Å². The van der Waals surface area contributed by atoms with Crippen molar-refractivity contribution in [3.05, 3.63) is 28.8 Å². The first-order valence-electron chi connectivity index (χ1n) is 6.81. The third-order valence-corrected chi connectivity index (χ3v) is 3.89. The molecule has 19 heavy (non-hydrogen) atoms. The number of halogens is 1. The van der Waals surface area contributed by atoms with Gasteiger partial charge < -0.3 is 10.2 Å². The fraction of sp³-hybridized carbons (Fsp3) is 0.533. The minimum atomic E-state index is 0.382. The van der Waals surface area contributed by atoms with Gasteiger partial charge in [0.1, 0.15) is 0 Å². The molecule has 1 aliphatic heterocycles. The van der Waals surface area contributed by atoms with Gasteiger partial charge in [0.05, 0.1) is 22.3 Å². The summed E-state index contributed by atoms with van der Waals surface area (Å²) in [7, 11) is 0. The van der Waals surface area contributed by atoms with Gasteiger partial charge in [0, 0.05) is 18.6 Å². The van der Waals surface area contributed by atoms with E-state index in [0.29, 0.717) is 22.7 Å². The highest BCUT2D eigenvalue weighted by Crippen LogP contribution is 2.29. The highest BCUT2D eigenvalue weighted by molar-refractivity contribution is 6.33. The maximum atomic E-state index is 8.90. The molecule has 4 heteroatoms. The van der Waals surface area contributed by atoms with Gasteiger partial charge in [-0.25, -0.2) is 0 Å². The Bertz CT molecular complexity index is 473. The summed E-state index contributed by atoms with van der Waals surface area (Å²) in [5.41, 5.74) is 1.63. The van der Waals surface area contributed by atoms with Crippen LogP contribution < -0.4 is 10.2 Å². The summed E-state index contributed by atoms with van der Waals surface area (Å²) in [5, 5.41) is 13.1. The minimum Gasteiger partial charge on any atom is -0.366 e. The third kappa shape index (κ3) is 3.40. The van der Waals surface area contributed by atoms with Gasteiger partial charge in [0.2, 0.25) is 0 Å². The molecule has 1 aliphatic rings. The van der Waals surface area contributed by atoms with E-state index >= 15 is 0 Å². The van der Waals surface area contributed by atoms with Crippen LogP contribution in [0.1, 0.15) is 32.3 Å². The van der Waals surface area contributed by atoms with Crippen molar-refractivity contribution >= 4 is 17.3 Å². The summed E-state index contributed by atoms with van der Waals surface area (Å²) in [6.45, 7) is 6.41. The van der Waals surface area contributed by atoms with Crippen LogP contribution in [0.25, 0.3) is 0 Å². The van der Waals surface area contributed by atoms with E-state index in [1.807, 2.05) is 12.1 Å². The number of rotatable bonds is 4. The Labute approximate surface area is 120 Å². The van der Waals surface area contributed by atoms with Crippen LogP contribution in [-0.2, 0) is 0 Å². The molecule has 0 radical (unpaired) electrons. The first kappa shape index (κ1) is 14.2. The summed E-state index contributed by atoms with van der Waals surface area (Å²) in [4.78, 5) is 2.31. The van der Waals surface area contributed by atoms with Crippen LogP contribution in [0.2, 0.25) is 5.02 Å². The Morgan fingerprint density at radius 3 is 2.84 bits per heavy atom. The number of hydrogen-bond donors (Lipinski definition) is 1. The van der Waals surface area contributed by atoms with E-state index < -0.39 is 0 Å². The molecule has 0 saturated carbocycles. The van der Waals surface area contributed by atoms with E-state index in [1.165, 1.54) is 12.8 Å². The Morgan fingerprint density at radius 2 is 2.32 bits per heavy atom. The molecule has 1 fully saturated rings. The molecule has 1 heterocycles. The van der Waals surface area contributed by atoms with Crippen molar-refractivity contribution in [2.75, 3.05) is 18.0 Å². The van der Waals surface area contributed by atoms with Crippen LogP contribution in [-0.4, -0.2) is 25.2 Å². The van der Waals surface area contributed by atoms with Crippen LogP contribution in [0.15, 0.2) is 18.2 Å². The molecule has 102 valence electrons. The number of nitrogens with zero attached hydrogens (tertiary/aromatic N) is 2. The maximum Gasteiger partial charge on any atom is 0.0992 e. The van der Waals surface area contributed by atoms with E-state index in [-0.39, 0.29) is 0 Å². The van der Waals surface area contributed by atoms with E-state index in [1.54, 1.807) is 6.07 Å². The Morgan fingerprint density at radius 1 is 1.53 bits per heavy atom. The predicted molar refractivity (Wildman–Crippen MR) is 79.7 cm³/mol. The van der Waals surface area contributed by atoms with Crippen LogP contribution in [0.5, 0.6) is 0 Å². The number of benzene rings is 1. The largest absolute Gasteiger partial charge is 0.366 e. The molecule has 0 aliphatic carbocycles. The number of nitriles is 1. The second-order valence-electron chi connectivity index (χ2n) is 5.32. The van der Waals surface area contributed by atoms with Gasteiger partial charge in [-0.2, -0.15) is 5.26 Å². The van der Waals surface area contributed by atoms with E-state index in [4.69, 9.17) is 16.9 Å². The summed E-state index contributed by atoms with van der Waals surface area (Å²) in [6, 6.07) is 8.57. The lowest BCUT2D eigenvalue weighted by Gasteiger charge is -2.32. The second kappa shape index (κ2) is 6.27. The molecule has 1 saturated heterocycles. The lowest BCUT2D eigenvalue weighted by atomic mass is 10.1. The Balaban J connectivity index is 2.21. The SMILES string of the molecule is CC(C)N(CC1CCCN1)c1ccc(C#N)cc1Cl. The molecule has 2 rings (SSSR count). The van der Waals surface area contributed by atoms with Crippen molar-refractivity contribution in [2.45, 2.75) is 38.8 Å². The molecular weight excluding hydrogens is 258 g/mol. The molecule has 0 aromatic heterocycles. The van der Waals surface area contributed by atoms with E-state index in [9.17, 15) is 0 Å².